The fourth-order valence-corrected chi connectivity index (χ4v) is 2.10. The molecule has 1 aromatic heterocycles. The van der Waals surface area contributed by atoms with Gasteiger partial charge in [-0.25, -0.2) is 4.98 Å². The van der Waals surface area contributed by atoms with Crippen LogP contribution in [0.3, 0.4) is 0 Å². The highest BCUT2D eigenvalue weighted by Gasteiger charge is 2.16. The Morgan fingerprint density at radius 2 is 2.19 bits per heavy atom. The van der Waals surface area contributed by atoms with Crippen molar-refractivity contribution in [1.29, 1.82) is 0 Å². The number of nitrogens with zero attached hydrogens (tertiary/aromatic N) is 2. The maximum atomic E-state index is 5.16. The zero-order valence-corrected chi connectivity index (χ0v) is 11.5. The third-order valence-electron chi connectivity index (χ3n) is 2.17. The summed E-state index contributed by atoms with van der Waals surface area (Å²) < 4.78 is 5.16. The van der Waals surface area contributed by atoms with E-state index in [0.717, 1.165) is 11.7 Å². The largest absolute Gasteiger partial charge is 0.383 e. The van der Waals surface area contributed by atoms with Crippen LogP contribution >= 0.6 is 11.3 Å². The molecule has 1 N–H and O–H groups in total. The van der Waals surface area contributed by atoms with Crippen molar-refractivity contribution in [2.45, 2.75) is 25.9 Å². The lowest BCUT2D eigenvalue weighted by Crippen LogP contribution is -2.42. The summed E-state index contributed by atoms with van der Waals surface area (Å²) in [7, 11) is 5.73. The summed E-state index contributed by atoms with van der Waals surface area (Å²) in [5.74, 6) is 0. The van der Waals surface area contributed by atoms with Gasteiger partial charge in [0.15, 0.2) is 5.13 Å². The van der Waals surface area contributed by atoms with E-state index in [2.05, 4.69) is 24.1 Å². The molecular weight excluding hydrogens is 222 g/mol. The van der Waals surface area contributed by atoms with Crippen molar-refractivity contribution >= 4 is 16.5 Å². The van der Waals surface area contributed by atoms with Crippen molar-refractivity contribution in [3.05, 3.63) is 11.1 Å². The van der Waals surface area contributed by atoms with Gasteiger partial charge in [-0.05, 0) is 13.8 Å². The summed E-state index contributed by atoms with van der Waals surface area (Å²) in [6, 6.07) is 0. The van der Waals surface area contributed by atoms with E-state index in [1.807, 2.05) is 25.2 Å². The molecule has 1 aromatic rings. The molecule has 0 aromatic carbocycles. The number of rotatable bonds is 6. The first kappa shape index (κ1) is 13.4. The number of methoxy groups -OCH3 is 1. The van der Waals surface area contributed by atoms with E-state index in [4.69, 9.17) is 4.74 Å². The maximum absolute atomic E-state index is 5.16. The van der Waals surface area contributed by atoms with Gasteiger partial charge in [0.25, 0.3) is 0 Å². The third kappa shape index (κ3) is 4.08. The van der Waals surface area contributed by atoms with E-state index in [0.29, 0.717) is 6.61 Å². The van der Waals surface area contributed by atoms with Gasteiger partial charge in [0.2, 0.25) is 0 Å². The van der Waals surface area contributed by atoms with Crippen LogP contribution in [-0.2, 0) is 11.3 Å². The second-order valence-electron chi connectivity index (χ2n) is 4.67. The Kier molecular flexibility index (Phi) is 4.70. The third-order valence-corrected chi connectivity index (χ3v) is 3.34. The Morgan fingerprint density at radius 3 is 2.69 bits per heavy atom. The molecule has 0 aliphatic heterocycles. The molecule has 5 heteroatoms. The van der Waals surface area contributed by atoms with Crippen LogP contribution in [-0.4, -0.2) is 38.3 Å². The molecule has 0 atom stereocenters. The molecule has 0 radical (unpaired) electrons. The molecule has 4 nitrogen and oxygen atoms in total. The highest BCUT2D eigenvalue weighted by atomic mass is 32.1. The molecular formula is C11H21N3OS. The molecule has 0 unspecified atom stereocenters. The zero-order chi connectivity index (χ0) is 12.2. The Bertz CT molecular complexity index is 323. The lowest BCUT2D eigenvalue weighted by atomic mass is 10.1. The molecule has 1 rings (SSSR count). The van der Waals surface area contributed by atoms with Crippen molar-refractivity contribution in [3.63, 3.8) is 0 Å². The van der Waals surface area contributed by atoms with E-state index in [-0.39, 0.29) is 5.54 Å². The Balaban J connectivity index is 2.48. The van der Waals surface area contributed by atoms with Crippen LogP contribution in [0.5, 0.6) is 0 Å². The summed E-state index contributed by atoms with van der Waals surface area (Å²) >= 11 is 1.71. The monoisotopic (exact) mass is 243 g/mol. The zero-order valence-electron chi connectivity index (χ0n) is 10.7. The number of thiazole rings is 1. The minimum Gasteiger partial charge on any atom is -0.383 e. The minimum absolute atomic E-state index is 0.00296. The number of hydrogen-bond acceptors (Lipinski definition) is 5. The molecule has 0 saturated carbocycles. The molecule has 0 aliphatic rings. The number of nitrogens with one attached hydrogen (secondary N) is 1. The lowest BCUT2D eigenvalue weighted by molar-refractivity contribution is 0.128. The topological polar surface area (TPSA) is 37.4 Å². The normalized spacial score (nSPS) is 11.8. The van der Waals surface area contributed by atoms with Gasteiger partial charge in [-0.15, -0.1) is 11.3 Å². The highest BCUT2D eigenvalue weighted by Crippen LogP contribution is 2.20. The first-order chi connectivity index (χ1) is 7.44. The number of anilines is 1. The van der Waals surface area contributed by atoms with Crippen LogP contribution in [0.4, 0.5) is 5.13 Å². The molecule has 1 heterocycles. The number of hydrogen-bond donors (Lipinski definition) is 1. The van der Waals surface area contributed by atoms with Crippen LogP contribution in [0.15, 0.2) is 6.20 Å². The second-order valence-corrected chi connectivity index (χ2v) is 5.77. The Labute approximate surface area is 102 Å². The summed E-state index contributed by atoms with van der Waals surface area (Å²) in [5, 5.41) is 4.50. The molecule has 16 heavy (non-hydrogen) atoms. The molecule has 0 saturated heterocycles. The van der Waals surface area contributed by atoms with E-state index in [1.54, 1.807) is 18.4 Å². The number of aromatic nitrogens is 1. The van der Waals surface area contributed by atoms with Crippen LogP contribution in [0.25, 0.3) is 0 Å². The fraction of sp³-hybridized carbons (Fsp3) is 0.727. The van der Waals surface area contributed by atoms with Gasteiger partial charge < -0.3 is 15.0 Å². The fourth-order valence-electron chi connectivity index (χ4n) is 1.32. The van der Waals surface area contributed by atoms with Gasteiger partial charge in [0, 0.05) is 44.4 Å². The molecule has 0 amide bonds. The van der Waals surface area contributed by atoms with Gasteiger partial charge >= 0.3 is 0 Å². The summed E-state index contributed by atoms with van der Waals surface area (Å²) in [4.78, 5) is 7.60. The van der Waals surface area contributed by atoms with Gasteiger partial charge in [0.05, 0.1) is 6.61 Å². The quantitative estimate of drug-likeness (QED) is 0.825. The summed E-state index contributed by atoms with van der Waals surface area (Å²) in [6.07, 6.45) is 1.93. The van der Waals surface area contributed by atoms with Crippen LogP contribution < -0.4 is 10.2 Å². The smallest absolute Gasteiger partial charge is 0.185 e. The Hall–Kier alpha value is -0.650. The average molecular weight is 243 g/mol. The van der Waals surface area contributed by atoms with Crippen molar-refractivity contribution in [1.82, 2.24) is 10.3 Å². The van der Waals surface area contributed by atoms with Gasteiger partial charge in [-0.3, -0.25) is 0 Å². The first-order valence-electron chi connectivity index (χ1n) is 5.30. The molecule has 0 fully saturated rings. The SMILES string of the molecule is COCC(C)(C)NCc1cnc(N(C)C)s1. The lowest BCUT2D eigenvalue weighted by Gasteiger charge is -2.24. The molecule has 92 valence electrons. The predicted molar refractivity (Wildman–Crippen MR) is 69.2 cm³/mol. The second kappa shape index (κ2) is 5.61. The van der Waals surface area contributed by atoms with Crippen molar-refractivity contribution in [3.8, 4) is 0 Å². The molecule has 0 spiro atoms. The summed E-state index contributed by atoms with van der Waals surface area (Å²) in [5.41, 5.74) is -0.00296. The van der Waals surface area contributed by atoms with Crippen LogP contribution in [0, 0.1) is 0 Å². The maximum Gasteiger partial charge on any atom is 0.185 e. The van der Waals surface area contributed by atoms with Crippen molar-refractivity contribution in [2.24, 2.45) is 0 Å². The van der Waals surface area contributed by atoms with E-state index in [1.165, 1.54) is 4.88 Å². The average Bonchev–Trinajstić information content (AvgIpc) is 2.63. The summed E-state index contributed by atoms with van der Waals surface area (Å²) in [6.45, 7) is 5.79. The minimum atomic E-state index is -0.00296. The van der Waals surface area contributed by atoms with Crippen LogP contribution in [0.2, 0.25) is 0 Å². The standard InChI is InChI=1S/C11H21N3OS/c1-11(2,8-15-5)13-7-9-6-12-10(16-9)14(3)4/h6,13H,7-8H2,1-5H3. The van der Waals surface area contributed by atoms with Gasteiger partial charge in [0.1, 0.15) is 0 Å². The highest BCUT2D eigenvalue weighted by molar-refractivity contribution is 7.15. The predicted octanol–water partition coefficient (Wildman–Crippen LogP) is 1.72. The number of ether oxygens (including phenoxy) is 1. The van der Waals surface area contributed by atoms with E-state index >= 15 is 0 Å². The van der Waals surface area contributed by atoms with Gasteiger partial charge in [-0.2, -0.15) is 0 Å². The Morgan fingerprint density at radius 1 is 1.50 bits per heavy atom. The molecule has 0 aliphatic carbocycles. The van der Waals surface area contributed by atoms with Crippen molar-refractivity contribution < 1.29 is 4.74 Å². The van der Waals surface area contributed by atoms with Crippen LogP contribution in [0.1, 0.15) is 18.7 Å². The van der Waals surface area contributed by atoms with E-state index < -0.39 is 0 Å². The molecule has 0 bridgehead atoms. The van der Waals surface area contributed by atoms with Crippen molar-refractivity contribution in [2.75, 3.05) is 32.7 Å². The first-order valence-corrected chi connectivity index (χ1v) is 6.12. The van der Waals surface area contributed by atoms with Gasteiger partial charge in [-0.1, -0.05) is 0 Å². The van der Waals surface area contributed by atoms with E-state index in [9.17, 15) is 0 Å².